The van der Waals surface area contributed by atoms with Crippen molar-refractivity contribution in [3.63, 3.8) is 0 Å². The van der Waals surface area contributed by atoms with Gasteiger partial charge >= 0.3 is 24.7 Å². The predicted octanol–water partition coefficient (Wildman–Crippen LogP) is 7.17. The van der Waals surface area contributed by atoms with Crippen LogP contribution in [0.4, 0.5) is 52.7 Å². The Morgan fingerprint density at radius 1 is 0.541 bits per heavy atom. The van der Waals surface area contributed by atoms with E-state index < -0.39 is 76.6 Å². The Bertz CT molecular complexity index is 1060. The third kappa shape index (κ3) is 7.12. The van der Waals surface area contributed by atoms with Crippen LogP contribution in [0.3, 0.4) is 0 Å². The molecule has 0 saturated carbocycles. The normalized spacial score (nSPS) is 14.1. The molecular weight excluding hydrogens is 535 g/mol. The molecule has 2 aromatic rings. The molecule has 0 spiro atoms. The van der Waals surface area contributed by atoms with Gasteiger partial charge in [-0.15, -0.1) is 10.9 Å². The Labute approximate surface area is 203 Å². The Balaban J connectivity index is 3.19. The van der Waals surface area contributed by atoms with Crippen molar-refractivity contribution >= 4 is 17.5 Å². The second-order valence-electron chi connectivity index (χ2n) is 8.72. The molecule has 0 N–H and O–H groups in total. The molecule has 37 heavy (non-hydrogen) atoms. The van der Waals surface area contributed by atoms with E-state index in [1.807, 2.05) is 0 Å². The van der Waals surface area contributed by atoms with Gasteiger partial charge < -0.3 is 9.31 Å². The molecule has 2 nitrogen and oxygen atoms in total. The largest absolute Gasteiger partial charge is 0.559 e. The van der Waals surface area contributed by atoms with Gasteiger partial charge in [0.15, 0.2) is 0 Å². The molecule has 0 unspecified atom stereocenters. The maximum atomic E-state index is 14.0. The van der Waals surface area contributed by atoms with E-state index in [0.29, 0.717) is 0 Å². The Morgan fingerprint density at radius 3 is 1.27 bits per heavy atom. The molecular formula is C22H20BF12O2-. The summed E-state index contributed by atoms with van der Waals surface area (Å²) in [5.74, 6) is 0. The van der Waals surface area contributed by atoms with Gasteiger partial charge in [0.1, 0.15) is 0 Å². The van der Waals surface area contributed by atoms with Gasteiger partial charge in [0.05, 0.1) is 16.7 Å². The van der Waals surface area contributed by atoms with Crippen molar-refractivity contribution in [2.24, 2.45) is 0 Å². The third-order valence-electron chi connectivity index (χ3n) is 5.07. The lowest BCUT2D eigenvalue weighted by molar-refractivity contribution is -0.143. The molecule has 2 rings (SSSR count). The highest BCUT2D eigenvalue weighted by atomic mass is 19.4. The van der Waals surface area contributed by atoms with Crippen LogP contribution in [0, 0.1) is 0 Å². The third-order valence-corrected chi connectivity index (χ3v) is 5.07. The van der Waals surface area contributed by atoms with Crippen LogP contribution in [0.15, 0.2) is 36.4 Å². The fourth-order valence-corrected chi connectivity index (χ4v) is 3.79. The summed E-state index contributed by atoms with van der Waals surface area (Å²) in [7, 11) is 0. The van der Waals surface area contributed by atoms with E-state index in [9.17, 15) is 52.7 Å². The molecule has 0 amide bonds. The van der Waals surface area contributed by atoms with E-state index in [1.54, 1.807) is 0 Å². The summed E-state index contributed by atoms with van der Waals surface area (Å²) >= 11 is 0. The van der Waals surface area contributed by atoms with Gasteiger partial charge in [-0.25, -0.2) is 0 Å². The Hall–Kier alpha value is -2.42. The molecule has 0 fully saturated rings. The van der Waals surface area contributed by atoms with Crippen molar-refractivity contribution in [3.05, 3.63) is 58.7 Å². The molecule has 15 heteroatoms. The lowest BCUT2D eigenvalue weighted by Crippen LogP contribution is -2.67. The van der Waals surface area contributed by atoms with E-state index in [2.05, 4.69) is 0 Å². The zero-order valence-corrected chi connectivity index (χ0v) is 19.5. The summed E-state index contributed by atoms with van der Waals surface area (Å²) in [6, 6.07) is -0.0145. The lowest BCUT2D eigenvalue weighted by atomic mass is 9.44. The van der Waals surface area contributed by atoms with Crippen molar-refractivity contribution < 1.29 is 62.0 Å². The summed E-state index contributed by atoms with van der Waals surface area (Å²) in [6.45, 7) is 0.502. The molecule has 208 valence electrons. The smallest absolute Gasteiger partial charge is 0.416 e. The van der Waals surface area contributed by atoms with Crippen LogP contribution in [0.5, 0.6) is 0 Å². The first-order chi connectivity index (χ1) is 16.5. The van der Waals surface area contributed by atoms with Gasteiger partial charge in [-0.05, 0) is 39.8 Å². The average molecular weight is 555 g/mol. The van der Waals surface area contributed by atoms with E-state index in [1.165, 1.54) is 27.7 Å². The molecule has 0 saturated heterocycles. The van der Waals surface area contributed by atoms with Crippen molar-refractivity contribution in [3.8, 4) is 0 Å². The fraction of sp³-hybridized carbons (Fsp3) is 0.455. The van der Waals surface area contributed by atoms with Crippen molar-refractivity contribution in [2.75, 3.05) is 0 Å². The van der Waals surface area contributed by atoms with Gasteiger partial charge in [-0.1, -0.05) is 24.3 Å². The van der Waals surface area contributed by atoms with Gasteiger partial charge in [-0.3, -0.25) is 0 Å². The van der Waals surface area contributed by atoms with Crippen LogP contribution in [0.25, 0.3) is 0 Å². The molecule has 0 aliphatic carbocycles. The minimum absolute atomic E-state index is 0.0267. The molecule has 0 atom stereocenters. The lowest BCUT2D eigenvalue weighted by Gasteiger charge is -2.48. The van der Waals surface area contributed by atoms with Gasteiger partial charge in [0.2, 0.25) is 0 Å². The predicted molar refractivity (Wildman–Crippen MR) is 110 cm³/mol. The highest BCUT2D eigenvalue weighted by Gasteiger charge is 2.46. The highest BCUT2D eigenvalue weighted by molar-refractivity contribution is 6.93. The zero-order chi connectivity index (χ0) is 28.8. The fourth-order valence-electron chi connectivity index (χ4n) is 3.79. The van der Waals surface area contributed by atoms with Gasteiger partial charge in [-0.2, -0.15) is 52.7 Å². The van der Waals surface area contributed by atoms with E-state index in [-0.39, 0.29) is 36.4 Å². The minimum atomic E-state index is -5.41. The van der Waals surface area contributed by atoms with E-state index >= 15 is 0 Å². The number of hydrogen-bond acceptors (Lipinski definition) is 2. The van der Waals surface area contributed by atoms with Crippen LogP contribution in [0.2, 0.25) is 0 Å². The maximum Gasteiger partial charge on any atom is 0.416 e. The Morgan fingerprint density at radius 2 is 0.946 bits per heavy atom. The molecule has 0 aromatic heterocycles. The standard InChI is InChI=1S/C22H20BF12O2/c1-11(2)36-23(37-12(3)4,16-8-14(20(27,28)29)7-15(9-16)21(30,31)32)18-10-13(19(24,25)26)5-6-17(18)22(33,34)35/h5-12H,1-4H3/q-1. The molecule has 2 aromatic carbocycles. The van der Waals surface area contributed by atoms with Crippen LogP contribution < -0.4 is 10.9 Å². The number of alkyl halides is 12. The summed E-state index contributed by atoms with van der Waals surface area (Å²) in [4.78, 5) is 0. The molecule has 0 aliphatic heterocycles. The second kappa shape index (κ2) is 10.0. The van der Waals surface area contributed by atoms with Gasteiger partial charge in [0.25, 0.3) is 6.55 Å². The first-order valence-corrected chi connectivity index (χ1v) is 10.6. The zero-order valence-electron chi connectivity index (χ0n) is 19.5. The SMILES string of the molecule is CC(C)O[B-](OC(C)C)(c1cc(C(F)(F)F)cc(C(F)(F)F)c1)c1cc(C(F)(F)F)ccc1C(F)(F)F. The number of hydrogen-bond donors (Lipinski definition) is 0. The molecule has 0 bridgehead atoms. The molecule has 0 heterocycles. The van der Waals surface area contributed by atoms with Crippen LogP contribution in [-0.2, 0) is 34.0 Å². The first-order valence-electron chi connectivity index (χ1n) is 10.6. The average Bonchev–Trinajstić information content (AvgIpc) is 2.69. The summed E-state index contributed by atoms with van der Waals surface area (Å²) < 4.78 is 175. The summed E-state index contributed by atoms with van der Waals surface area (Å²) in [5, 5.41) is 0. The van der Waals surface area contributed by atoms with Crippen molar-refractivity contribution in [2.45, 2.75) is 64.6 Å². The number of benzene rings is 2. The summed E-state index contributed by atoms with van der Waals surface area (Å²) in [5.41, 5.74) is -9.84. The maximum absolute atomic E-state index is 14.0. The topological polar surface area (TPSA) is 18.5 Å². The number of halogens is 12. The molecule has 0 aliphatic rings. The monoisotopic (exact) mass is 555 g/mol. The number of rotatable bonds is 6. The first kappa shape index (κ1) is 30.8. The van der Waals surface area contributed by atoms with Crippen molar-refractivity contribution in [1.29, 1.82) is 0 Å². The molecule has 0 radical (unpaired) electrons. The quantitative estimate of drug-likeness (QED) is 0.278. The van der Waals surface area contributed by atoms with E-state index in [0.717, 1.165) is 0 Å². The second-order valence-corrected chi connectivity index (χ2v) is 8.72. The van der Waals surface area contributed by atoms with Crippen LogP contribution in [-0.4, -0.2) is 18.8 Å². The minimum Gasteiger partial charge on any atom is -0.559 e. The van der Waals surface area contributed by atoms with Crippen LogP contribution >= 0.6 is 0 Å². The Kier molecular flexibility index (Phi) is 8.36. The van der Waals surface area contributed by atoms with Crippen LogP contribution in [0.1, 0.15) is 49.9 Å². The van der Waals surface area contributed by atoms with E-state index in [4.69, 9.17) is 9.31 Å². The highest BCUT2D eigenvalue weighted by Crippen LogP contribution is 2.38. The summed E-state index contributed by atoms with van der Waals surface area (Å²) in [6.07, 6.45) is -23.9. The van der Waals surface area contributed by atoms with Crippen molar-refractivity contribution in [1.82, 2.24) is 0 Å². The van der Waals surface area contributed by atoms with Gasteiger partial charge in [0, 0.05) is 17.8 Å².